The molecule has 3 aromatic heterocycles. The number of piperazine rings is 1. The lowest BCUT2D eigenvalue weighted by atomic mass is 10.0. The van der Waals surface area contributed by atoms with Crippen molar-refractivity contribution in [1.82, 2.24) is 34.0 Å². The Morgan fingerprint density at radius 3 is 2.53 bits per heavy atom. The number of aromatic nitrogens is 6. The van der Waals surface area contributed by atoms with Crippen LogP contribution in [0.25, 0.3) is 17.2 Å². The van der Waals surface area contributed by atoms with Gasteiger partial charge in [-0.05, 0) is 61.7 Å². The van der Waals surface area contributed by atoms with Crippen molar-refractivity contribution in [2.24, 2.45) is 0 Å². The molecular weight excluding hydrogens is 719 g/mol. The van der Waals surface area contributed by atoms with Gasteiger partial charge in [-0.1, -0.05) is 18.5 Å². The molecule has 2 amide bonds. The predicted octanol–water partition coefficient (Wildman–Crippen LogP) is 4.44. The Morgan fingerprint density at radius 1 is 1.08 bits per heavy atom. The second-order valence-corrected chi connectivity index (χ2v) is 13.2. The smallest absolute Gasteiger partial charge is 0.416 e. The van der Waals surface area contributed by atoms with Crippen LogP contribution in [0, 0.1) is 13.8 Å². The van der Waals surface area contributed by atoms with Crippen LogP contribution in [0.5, 0.6) is 11.5 Å². The fourth-order valence-corrected chi connectivity index (χ4v) is 6.94. The van der Waals surface area contributed by atoms with Gasteiger partial charge >= 0.3 is 6.18 Å². The molecule has 5 aromatic rings. The maximum absolute atomic E-state index is 14.4. The van der Waals surface area contributed by atoms with Gasteiger partial charge < -0.3 is 29.5 Å². The monoisotopic (exact) mass is 751 g/mol. The van der Waals surface area contributed by atoms with Gasteiger partial charge in [0.2, 0.25) is 11.7 Å². The van der Waals surface area contributed by atoms with Crippen LogP contribution in [0.1, 0.15) is 45.5 Å². The minimum atomic E-state index is -4.62. The van der Waals surface area contributed by atoms with E-state index in [1.807, 2.05) is 30.9 Å². The number of hydrogen-bond acceptors (Lipinski definition) is 10. The number of hydrogen-bond donors (Lipinski definition) is 2. The number of benzene rings is 2. The first-order valence-electron chi connectivity index (χ1n) is 16.8. The van der Waals surface area contributed by atoms with Crippen molar-refractivity contribution in [3.63, 3.8) is 0 Å². The zero-order valence-corrected chi connectivity index (χ0v) is 29.5. The molecule has 18 heteroatoms. The minimum Gasteiger partial charge on any atom is -0.504 e. The van der Waals surface area contributed by atoms with Crippen LogP contribution in [0.2, 0.25) is 5.02 Å². The Labute approximate surface area is 304 Å². The highest BCUT2D eigenvalue weighted by Gasteiger charge is 2.32. The summed E-state index contributed by atoms with van der Waals surface area (Å²) in [5, 5.41) is 17.3. The Morgan fingerprint density at radius 2 is 1.83 bits per heavy atom. The maximum atomic E-state index is 14.4. The highest BCUT2D eigenvalue weighted by atomic mass is 35.5. The van der Waals surface area contributed by atoms with Crippen molar-refractivity contribution < 1.29 is 32.6 Å². The van der Waals surface area contributed by atoms with E-state index in [1.54, 1.807) is 11.5 Å². The highest BCUT2D eigenvalue weighted by Crippen LogP contribution is 2.35. The SMILES string of the molecule is CCc1c(N2CCN(C(=O)c3ncnc(C)c3O)CC2)c(=O)n2nc(-c3cc(C)c4c(c3)CCO4)nc2n1CC(=O)Nc1ccc(C(F)(F)F)cc1Cl. The molecule has 0 saturated carbocycles. The minimum absolute atomic E-state index is 0.0244. The number of nitrogens with one attached hydrogen (secondary N) is 1. The molecule has 0 radical (unpaired) electrons. The van der Waals surface area contributed by atoms with E-state index in [-0.39, 0.29) is 77.7 Å². The van der Waals surface area contributed by atoms with Crippen LogP contribution in [-0.4, -0.2) is 83.7 Å². The zero-order chi connectivity index (χ0) is 37.8. The van der Waals surface area contributed by atoms with E-state index in [9.17, 15) is 32.7 Å². The van der Waals surface area contributed by atoms with Gasteiger partial charge in [-0.2, -0.15) is 22.7 Å². The molecule has 2 aromatic carbocycles. The lowest BCUT2D eigenvalue weighted by Crippen LogP contribution is -2.51. The molecule has 2 aliphatic rings. The predicted molar refractivity (Wildman–Crippen MR) is 188 cm³/mol. The molecular formula is C35H33ClF3N9O5. The van der Waals surface area contributed by atoms with E-state index in [4.69, 9.17) is 21.3 Å². The summed E-state index contributed by atoms with van der Waals surface area (Å²) in [5.41, 5.74) is 1.90. The largest absolute Gasteiger partial charge is 0.504 e. The van der Waals surface area contributed by atoms with Crippen LogP contribution in [-0.2, 0) is 30.4 Å². The topological polar surface area (TPSA) is 160 Å². The number of carbonyl (C=O) groups excluding carboxylic acids is 2. The third-order valence-corrected chi connectivity index (χ3v) is 9.66. The van der Waals surface area contributed by atoms with Crippen LogP contribution < -0.4 is 20.5 Å². The molecule has 53 heavy (non-hydrogen) atoms. The molecule has 0 atom stereocenters. The van der Waals surface area contributed by atoms with Crippen LogP contribution >= 0.6 is 11.6 Å². The number of ether oxygens (including phenoxy) is 1. The van der Waals surface area contributed by atoms with Crippen molar-refractivity contribution in [2.45, 2.75) is 46.3 Å². The Balaban J connectivity index is 1.27. The molecule has 1 saturated heterocycles. The van der Waals surface area contributed by atoms with Gasteiger partial charge in [-0.15, -0.1) is 5.10 Å². The second kappa shape index (κ2) is 13.7. The van der Waals surface area contributed by atoms with Crippen molar-refractivity contribution in [2.75, 3.05) is 43.0 Å². The summed E-state index contributed by atoms with van der Waals surface area (Å²) in [5.74, 6) is -0.292. The average molecular weight is 752 g/mol. The van der Waals surface area contributed by atoms with Crippen molar-refractivity contribution >= 4 is 40.6 Å². The summed E-state index contributed by atoms with van der Waals surface area (Å²) < 4.78 is 48.2. The standard InChI is InChI=1S/C35H33ClF3N9O5/c1-4-25-28(45-8-10-46(11-9-45)32(51)27-29(50)19(3)40-17-41-27)33(52)48-34(43-31(44-48)21-13-18(2)30-20(14-21)7-12-53-30)47(25)16-26(49)42-24-6-5-22(15-23(24)36)35(37,38)39/h5-6,13-15,17,50H,4,7-12,16H2,1-3H3,(H,42,49). The number of rotatable bonds is 7. The second-order valence-electron chi connectivity index (χ2n) is 12.7. The summed E-state index contributed by atoms with van der Waals surface area (Å²) >= 11 is 6.14. The maximum Gasteiger partial charge on any atom is 0.416 e. The van der Waals surface area contributed by atoms with Crippen LogP contribution in [0.15, 0.2) is 41.5 Å². The first kappa shape index (κ1) is 35.7. The number of anilines is 2. The summed E-state index contributed by atoms with van der Waals surface area (Å²) in [6.45, 7) is 6.27. The first-order chi connectivity index (χ1) is 25.2. The number of alkyl halides is 3. The fraction of sp³-hybridized carbons (Fsp3) is 0.343. The van der Waals surface area contributed by atoms with Gasteiger partial charge in [0.05, 0.1) is 34.3 Å². The molecule has 0 spiro atoms. The summed E-state index contributed by atoms with van der Waals surface area (Å²) in [6, 6.07) is 6.40. The molecule has 0 unspecified atom stereocenters. The Bertz CT molecular complexity index is 2350. The molecule has 14 nitrogen and oxygen atoms in total. The average Bonchev–Trinajstić information content (AvgIpc) is 3.80. The Kier molecular flexibility index (Phi) is 9.21. The molecule has 5 heterocycles. The fourth-order valence-electron chi connectivity index (χ4n) is 6.72. The van der Waals surface area contributed by atoms with Crippen LogP contribution in [0.3, 0.4) is 0 Å². The molecule has 276 valence electrons. The highest BCUT2D eigenvalue weighted by molar-refractivity contribution is 6.33. The molecule has 7 rings (SSSR count). The van der Waals surface area contributed by atoms with Gasteiger partial charge in [0.15, 0.2) is 17.3 Å². The lowest BCUT2D eigenvalue weighted by Gasteiger charge is -2.36. The zero-order valence-electron chi connectivity index (χ0n) is 28.8. The normalized spacial score (nSPS) is 14.4. The number of nitrogens with zero attached hydrogens (tertiary/aromatic N) is 8. The summed E-state index contributed by atoms with van der Waals surface area (Å²) in [6.07, 6.45) is -2.44. The van der Waals surface area contributed by atoms with E-state index in [0.29, 0.717) is 24.3 Å². The van der Waals surface area contributed by atoms with Gasteiger partial charge in [-0.25, -0.2) is 9.97 Å². The van der Waals surface area contributed by atoms with E-state index in [1.165, 1.54) is 11.2 Å². The molecule has 2 N–H and O–H groups in total. The number of halogens is 4. The van der Waals surface area contributed by atoms with Gasteiger partial charge in [0, 0.05) is 38.2 Å². The first-order valence-corrected chi connectivity index (χ1v) is 17.1. The van der Waals surface area contributed by atoms with E-state index in [0.717, 1.165) is 39.6 Å². The van der Waals surface area contributed by atoms with Gasteiger partial charge in [0.1, 0.15) is 24.3 Å². The van der Waals surface area contributed by atoms with E-state index < -0.39 is 35.7 Å². The summed E-state index contributed by atoms with van der Waals surface area (Å²) in [4.78, 5) is 57.2. The number of aromatic hydroxyl groups is 1. The third kappa shape index (κ3) is 6.60. The van der Waals surface area contributed by atoms with E-state index >= 15 is 0 Å². The number of aryl methyl sites for hydroxylation is 2. The van der Waals surface area contributed by atoms with Crippen LogP contribution in [0.4, 0.5) is 24.5 Å². The van der Waals surface area contributed by atoms with Crippen molar-refractivity contribution in [3.05, 3.63) is 85.8 Å². The molecule has 0 bridgehead atoms. The van der Waals surface area contributed by atoms with Gasteiger partial charge in [-0.3, -0.25) is 14.4 Å². The van der Waals surface area contributed by atoms with Crippen molar-refractivity contribution in [3.8, 4) is 22.9 Å². The third-order valence-electron chi connectivity index (χ3n) is 9.35. The number of carbonyl (C=O) groups is 2. The number of fused-ring (bicyclic) bond motifs is 2. The Hall–Kier alpha value is -5.71. The number of amides is 2. The molecule has 2 aliphatic heterocycles. The quantitative estimate of drug-likeness (QED) is 0.244. The lowest BCUT2D eigenvalue weighted by molar-refractivity contribution is -0.137. The van der Waals surface area contributed by atoms with Crippen molar-refractivity contribution in [1.29, 1.82) is 0 Å². The molecule has 1 fully saturated rings. The summed E-state index contributed by atoms with van der Waals surface area (Å²) in [7, 11) is 0. The molecule has 0 aliphatic carbocycles. The van der Waals surface area contributed by atoms with E-state index in [2.05, 4.69) is 20.4 Å². The van der Waals surface area contributed by atoms with Gasteiger partial charge in [0.25, 0.3) is 11.5 Å².